The average Bonchev–Trinajstić information content (AvgIpc) is 2.57. The molecule has 2 aromatic rings. The van der Waals surface area contributed by atoms with Crippen LogP contribution in [-0.2, 0) is 0 Å². The number of hydrogen-bond acceptors (Lipinski definition) is 3. The van der Waals surface area contributed by atoms with Gasteiger partial charge in [-0.25, -0.2) is 13.2 Å². The van der Waals surface area contributed by atoms with Gasteiger partial charge in [-0.2, -0.15) is 0 Å². The quantitative estimate of drug-likeness (QED) is 0.809. The van der Waals surface area contributed by atoms with Gasteiger partial charge in [0.05, 0.1) is 0 Å². The minimum atomic E-state index is -1.23. The molecule has 0 radical (unpaired) electrons. The summed E-state index contributed by atoms with van der Waals surface area (Å²) in [5.41, 5.74) is -0.355. The summed E-state index contributed by atoms with van der Waals surface area (Å²) in [6, 6.07) is 8.16. The van der Waals surface area contributed by atoms with E-state index in [1.807, 2.05) is 6.07 Å². The maximum absolute atomic E-state index is 13.8. The molecule has 3 rings (SSSR count). The Morgan fingerprint density at radius 1 is 1.19 bits per heavy atom. The number of carbonyl (C=O) groups excluding carboxylic acids is 1. The molecule has 27 heavy (non-hydrogen) atoms. The number of amides is 1. The molecule has 3 nitrogen and oxygen atoms in total. The zero-order valence-corrected chi connectivity index (χ0v) is 16.0. The van der Waals surface area contributed by atoms with Gasteiger partial charge in [0.25, 0.3) is 5.91 Å². The van der Waals surface area contributed by atoms with E-state index in [1.165, 1.54) is 0 Å². The zero-order valence-electron chi connectivity index (χ0n) is 15.1. The van der Waals surface area contributed by atoms with Crippen molar-refractivity contribution in [3.63, 3.8) is 0 Å². The van der Waals surface area contributed by atoms with Crippen LogP contribution in [0.3, 0.4) is 0 Å². The number of likely N-dealkylation sites (tertiary alicyclic amines) is 1. The average molecular weight is 394 g/mol. The molecular formula is C20H21F3N2OS. The predicted molar refractivity (Wildman–Crippen MR) is 102 cm³/mol. The number of anilines is 1. The van der Waals surface area contributed by atoms with Crippen molar-refractivity contribution in [1.29, 1.82) is 0 Å². The second kappa shape index (κ2) is 8.35. The lowest BCUT2D eigenvalue weighted by Gasteiger charge is -2.34. The van der Waals surface area contributed by atoms with Gasteiger partial charge >= 0.3 is 0 Å². The maximum atomic E-state index is 13.8. The van der Waals surface area contributed by atoms with E-state index in [2.05, 4.69) is 24.2 Å². The van der Waals surface area contributed by atoms with Crippen molar-refractivity contribution in [1.82, 2.24) is 4.90 Å². The zero-order chi connectivity index (χ0) is 19.6. The van der Waals surface area contributed by atoms with Gasteiger partial charge in [-0.15, -0.1) is 11.8 Å². The first-order valence-corrected chi connectivity index (χ1v) is 9.62. The van der Waals surface area contributed by atoms with E-state index in [1.54, 1.807) is 30.0 Å². The van der Waals surface area contributed by atoms with Gasteiger partial charge in [0.2, 0.25) is 0 Å². The molecule has 1 aliphatic heterocycles. The van der Waals surface area contributed by atoms with Crippen molar-refractivity contribution in [3.8, 4) is 0 Å². The lowest BCUT2D eigenvalue weighted by Crippen LogP contribution is -2.38. The van der Waals surface area contributed by atoms with Crippen LogP contribution in [0.5, 0.6) is 0 Å². The van der Waals surface area contributed by atoms with Crippen LogP contribution in [0.1, 0.15) is 23.7 Å². The van der Waals surface area contributed by atoms with Crippen LogP contribution in [0.15, 0.2) is 41.3 Å². The third-order valence-electron chi connectivity index (χ3n) is 4.64. The SMILES string of the molecule is CC1CN(C)CCC1Sc1cccc(NC(=O)c2c(F)cc(F)cc2F)c1. The number of nitrogens with zero attached hydrogens (tertiary/aromatic N) is 1. The fourth-order valence-corrected chi connectivity index (χ4v) is 4.53. The van der Waals surface area contributed by atoms with Gasteiger partial charge in [0.1, 0.15) is 23.0 Å². The molecule has 1 aliphatic rings. The molecule has 144 valence electrons. The number of piperidine rings is 1. The first kappa shape index (κ1) is 19.8. The summed E-state index contributed by atoms with van der Waals surface area (Å²) in [6.45, 7) is 4.30. The van der Waals surface area contributed by atoms with E-state index in [0.717, 1.165) is 24.4 Å². The number of halogens is 3. The van der Waals surface area contributed by atoms with Gasteiger partial charge in [-0.05, 0) is 44.1 Å². The molecule has 2 atom stereocenters. The van der Waals surface area contributed by atoms with Crippen LogP contribution in [-0.4, -0.2) is 36.2 Å². The molecule has 1 saturated heterocycles. The summed E-state index contributed by atoms with van der Waals surface area (Å²) >= 11 is 1.74. The van der Waals surface area contributed by atoms with E-state index in [-0.39, 0.29) is 0 Å². The first-order chi connectivity index (χ1) is 12.8. The molecule has 1 amide bonds. The Morgan fingerprint density at radius 3 is 2.56 bits per heavy atom. The van der Waals surface area contributed by atoms with Crippen LogP contribution in [0.25, 0.3) is 0 Å². The summed E-state index contributed by atoms with van der Waals surface area (Å²) in [4.78, 5) is 15.5. The monoisotopic (exact) mass is 394 g/mol. The molecular weight excluding hydrogens is 373 g/mol. The van der Waals surface area contributed by atoms with Crippen LogP contribution >= 0.6 is 11.8 Å². The first-order valence-electron chi connectivity index (χ1n) is 8.74. The standard InChI is InChI=1S/C20H21F3N2OS/c1-12-11-25(2)7-6-18(12)27-15-5-3-4-14(10-15)24-20(26)19-16(22)8-13(21)9-17(19)23/h3-5,8-10,12,18H,6-7,11H2,1-2H3,(H,24,26). The second-order valence-corrected chi connectivity index (χ2v) is 8.22. The van der Waals surface area contributed by atoms with Gasteiger partial charge in [-0.1, -0.05) is 13.0 Å². The van der Waals surface area contributed by atoms with E-state index in [4.69, 9.17) is 0 Å². The normalized spacial score (nSPS) is 20.5. The number of thioether (sulfide) groups is 1. The van der Waals surface area contributed by atoms with Crippen molar-refractivity contribution >= 4 is 23.4 Å². The number of nitrogens with one attached hydrogen (secondary N) is 1. The molecule has 2 unspecified atom stereocenters. The highest BCUT2D eigenvalue weighted by Crippen LogP contribution is 2.34. The van der Waals surface area contributed by atoms with E-state index < -0.39 is 28.9 Å². The van der Waals surface area contributed by atoms with Gasteiger partial charge in [-0.3, -0.25) is 4.79 Å². The topological polar surface area (TPSA) is 32.3 Å². The number of carbonyl (C=O) groups is 1. The molecule has 0 saturated carbocycles. The Hall–Kier alpha value is -1.99. The predicted octanol–water partition coefficient (Wildman–Crippen LogP) is 4.79. The number of hydrogen-bond donors (Lipinski definition) is 1. The van der Waals surface area contributed by atoms with Crippen LogP contribution in [0.4, 0.5) is 18.9 Å². The molecule has 1 N–H and O–H groups in total. The summed E-state index contributed by atoms with van der Waals surface area (Å²) < 4.78 is 40.6. The third-order valence-corrected chi connectivity index (χ3v) is 6.17. The Bertz CT molecular complexity index is 823. The Labute approximate surface area is 160 Å². The van der Waals surface area contributed by atoms with Crippen molar-refractivity contribution in [2.45, 2.75) is 23.5 Å². The molecule has 1 fully saturated rings. The van der Waals surface area contributed by atoms with Crippen molar-refractivity contribution < 1.29 is 18.0 Å². The van der Waals surface area contributed by atoms with Gasteiger partial charge < -0.3 is 10.2 Å². The minimum absolute atomic E-state index is 0.439. The largest absolute Gasteiger partial charge is 0.322 e. The highest BCUT2D eigenvalue weighted by molar-refractivity contribution is 8.00. The Kier molecular flexibility index (Phi) is 6.11. The molecule has 7 heteroatoms. The molecule has 0 aliphatic carbocycles. The number of rotatable bonds is 4. The Morgan fingerprint density at radius 2 is 1.89 bits per heavy atom. The van der Waals surface area contributed by atoms with Crippen LogP contribution in [0.2, 0.25) is 0 Å². The van der Waals surface area contributed by atoms with Crippen LogP contribution in [0, 0.1) is 23.4 Å². The van der Waals surface area contributed by atoms with E-state index in [0.29, 0.717) is 29.0 Å². The second-order valence-electron chi connectivity index (χ2n) is 6.91. The third kappa shape index (κ3) is 4.84. The van der Waals surface area contributed by atoms with Crippen molar-refractivity contribution in [2.24, 2.45) is 5.92 Å². The maximum Gasteiger partial charge on any atom is 0.261 e. The molecule has 0 aromatic heterocycles. The molecule has 2 aromatic carbocycles. The minimum Gasteiger partial charge on any atom is -0.322 e. The molecule has 0 spiro atoms. The Balaban J connectivity index is 1.72. The summed E-state index contributed by atoms with van der Waals surface area (Å²) in [7, 11) is 2.11. The van der Waals surface area contributed by atoms with Crippen molar-refractivity contribution in [3.05, 3.63) is 59.4 Å². The van der Waals surface area contributed by atoms with Crippen LogP contribution < -0.4 is 5.32 Å². The summed E-state index contributed by atoms with van der Waals surface area (Å²) in [5.74, 6) is -3.92. The highest BCUT2D eigenvalue weighted by atomic mass is 32.2. The molecule has 0 bridgehead atoms. The lowest BCUT2D eigenvalue weighted by molar-refractivity contribution is 0.101. The van der Waals surface area contributed by atoms with Gasteiger partial charge in [0.15, 0.2) is 0 Å². The van der Waals surface area contributed by atoms with Gasteiger partial charge in [0, 0.05) is 34.5 Å². The van der Waals surface area contributed by atoms with E-state index in [9.17, 15) is 18.0 Å². The summed E-state index contributed by atoms with van der Waals surface area (Å²) in [5, 5.41) is 2.96. The fourth-order valence-electron chi connectivity index (χ4n) is 3.28. The van der Waals surface area contributed by atoms with E-state index >= 15 is 0 Å². The summed E-state index contributed by atoms with van der Waals surface area (Å²) in [6.07, 6.45) is 1.07. The lowest BCUT2D eigenvalue weighted by atomic mass is 10.0. The van der Waals surface area contributed by atoms with Crippen molar-refractivity contribution in [2.75, 3.05) is 25.5 Å². The fraction of sp³-hybridized carbons (Fsp3) is 0.350. The smallest absolute Gasteiger partial charge is 0.261 e. The molecule has 1 heterocycles. The highest BCUT2D eigenvalue weighted by Gasteiger charge is 2.25. The number of benzene rings is 2.